The molecule has 1 aromatic rings. The Hall–Kier alpha value is -0.210. The average Bonchev–Trinajstić information content (AvgIpc) is 2.53. The maximum Gasteiger partial charge on any atom is 0.254 e. The van der Waals surface area contributed by atoms with E-state index in [2.05, 4.69) is 9.88 Å². The largest absolute Gasteiger partial charge is 0.305 e. The first-order valence-electron chi connectivity index (χ1n) is 6.15. The van der Waals surface area contributed by atoms with Crippen molar-refractivity contribution in [1.82, 2.24) is 14.2 Å². The fourth-order valence-electron chi connectivity index (χ4n) is 2.40. The summed E-state index contributed by atoms with van der Waals surface area (Å²) in [6.07, 6.45) is 0.839. The maximum absolute atomic E-state index is 12.7. The molecular formula is C11H18ClN3O2S2. The number of aryl methyl sites for hydroxylation is 1. The first-order valence-corrected chi connectivity index (χ1v) is 8.79. The molecule has 1 aromatic heterocycles. The summed E-state index contributed by atoms with van der Waals surface area (Å²) in [4.78, 5) is 6.16. The van der Waals surface area contributed by atoms with Gasteiger partial charge in [-0.1, -0.05) is 22.9 Å². The van der Waals surface area contributed by atoms with E-state index in [1.165, 1.54) is 0 Å². The van der Waals surface area contributed by atoms with E-state index in [1.807, 2.05) is 14.0 Å². The molecule has 0 N–H and O–H groups in total. The van der Waals surface area contributed by atoms with Crippen molar-refractivity contribution < 1.29 is 8.42 Å². The van der Waals surface area contributed by atoms with Crippen LogP contribution in [0.25, 0.3) is 0 Å². The van der Waals surface area contributed by atoms with Gasteiger partial charge in [0.15, 0.2) is 8.68 Å². The van der Waals surface area contributed by atoms with Gasteiger partial charge in [-0.2, -0.15) is 4.31 Å². The summed E-state index contributed by atoms with van der Waals surface area (Å²) in [6, 6.07) is -0.0437. The van der Waals surface area contributed by atoms with Crippen LogP contribution in [-0.4, -0.2) is 55.3 Å². The van der Waals surface area contributed by atoms with Crippen LogP contribution >= 0.6 is 22.9 Å². The van der Waals surface area contributed by atoms with Gasteiger partial charge in [-0.15, -0.1) is 0 Å². The van der Waals surface area contributed by atoms with Crippen LogP contribution in [-0.2, 0) is 10.0 Å². The second-order valence-electron chi connectivity index (χ2n) is 4.92. The van der Waals surface area contributed by atoms with E-state index < -0.39 is 10.0 Å². The topological polar surface area (TPSA) is 53.5 Å². The van der Waals surface area contributed by atoms with Crippen LogP contribution in [0.4, 0.5) is 0 Å². The van der Waals surface area contributed by atoms with Crippen LogP contribution in [0.1, 0.15) is 19.0 Å². The van der Waals surface area contributed by atoms with Gasteiger partial charge in [0.1, 0.15) is 0 Å². The fraction of sp³-hybridized carbons (Fsp3) is 0.727. The Morgan fingerprint density at radius 2 is 2.11 bits per heavy atom. The Morgan fingerprint density at radius 3 is 2.68 bits per heavy atom. The summed E-state index contributed by atoms with van der Waals surface area (Å²) in [7, 11) is -1.47. The lowest BCUT2D eigenvalue weighted by atomic mass is 10.3. The van der Waals surface area contributed by atoms with E-state index >= 15 is 0 Å². The van der Waals surface area contributed by atoms with Crippen molar-refractivity contribution in [3.63, 3.8) is 0 Å². The molecule has 1 aliphatic heterocycles. The molecule has 1 unspecified atom stereocenters. The Kier molecular flexibility index (Phi) is 4.52. The predicted molar refractivity (Wildman–Crippen MR) is 77.3 cm³/mol. The van der Waals surface area contributed by atoms with Gasteiger partial charge in [-0.25, -0.2) is 13.4 Å². The Bertz CT molecular complexity index is 558. The first-order chi connectivity index (χ1) is 8.82. The maximum atomic E-state index is 12.7. The summed E-state index contributed by atoms with van der Waals surface area (Å²) in [6.45, 7) is 5.83. The van der Waals surface area contributed by atoms with Gasteiger partial charge in [0.05, 0.1) is 5.69 Å². The second-order valence-corrected chi connectivity index (χ2v) is 8.59. The fourth-order valence-corrected chi connectivity index (χ4v) is 5.92. The molecule has 5 nitrogen and oxygen atoms in total. The Labute approximate surface area is 123 Å². The minimum Gasteiger partial charge on any atom is -0.305 e. The number of likely N-dealkylation sites (N-methyl/N-ethyl adjacent to an activating group) is 1. The number of halogens is 1. The summed E-state index contributed by atoms with van der Waals surface area (Å²) < 4.78 is 27.5. The third-order valence-corrected chi connectivity index (χ3v) is 7.12. The van der Waals surface area contributed by atoms with E-state index in [0.717, 1.165) is 30.8 Å². The molecule has 0 spiro atoms. The summed E-state index contributed by atoms with van der Waals surface area (Å²) in [5, 5.41) is 0. The lowest BCUT2D eigenvalue weighted by Crippen LogP contribution is -2.41. The van der Waals surface area contributed by atoms with E-state index in [0.29, 0.717) is 12.2 Å². The highest BCUT2D eigenvalue weighted by Gasteiger charge is 2.34. The number of hydrogen-bond donors (Lipinski definition) is 0. The zero-order chi connectivity index (χ0) is 14.2. The smallest absolute Gasteiger partial charge is 0.254 e. The molecule has 2 heterocycles. The number of hydrogen-bond acceptors (Lipinski definition) is 5. The molecule has 0 amide bonds. The molecule has 108 valence electrons. The summed E-state index contributed by atoms with van der Waals surface area (Å²) >= 11 is 6.85. The Balaban J connectivity index is 2.36. The van der Waals surface area contributed by atoms with Crippen LogP contribution < -0.4 is 0 Å². The van der Waals surface area contributed by atoms with Crippen LogP contribution in [0, 0.1) is 6.92 Å². The molecule has 1 atom stereocenters. The predicted octanol–water partition coefficient (Wildman–Crippen LogP) is 1.82. The number of rotatable bonds is 2. The van der Waals surface area contributed by atoms with Crippen molar-refractivity contribution in [3.8, 4) is 0 Å². The van der Waals surface area contributed by atoms with Gasteiger partial charge in [0.2, 0.25) is 0 Å². The monoisotopic (exact) mass is 323 g/mol. The van der Waals surface area contributed by atoms with Crippen molar-refractivity contribution >= 4 is 33.0 Å². The molecule has 0 radical (unpaired) electrons. The lowest BCUT2D eigenvalue weighted by Gasteiger charge is -2.26. The number of thiazole rings is 1. The van der Waals surface area contributed by atoms with E-state index in [9.17, 15) is 8.42 Å². The van der Waals surface area contributed by atoms with E-state index in [1.54, 1.807) is 11.2 Å². The van der Waals surface area contributed by atoms with Crippen LogP contribution in [0.15, 0.2) is 4.21 Å². The van der Waals surface area contributed by atoms with Crippen molar-refractivity contribution in [2.45, 2.75) is 30.5 Å². The average molecular weight is 324 g/mol. The second kappa shape index (κ2) is 5.65. The molecule has 1 aliphatic rings. The van der Waals surface area contributed by atoms with Gasteiger partial charge in [-0.3, -0.25) is 0 Å². The molecule has 19 heavy (non-hydrogen) atoms. The molecule has 0 aromatic carbocycles. The van der Waals surface area contributed by atoms with Crippen molar-refractivity contribution in [3.05, 3.63) is 10.2 Å². The number of sulfonamides is 1. The van der Waals surface area contributed by atoms with Gasteiger partial charge in [0, 0.05) is 19.1 Å². The molecule has 0 bridgehead atoms. The SMILES string of the molecule is Cc1nc(Cl)sc1S(=O)(=O)N1CCCN(C)CC1C. The highest BCUT2D eigenvalue weighted by atomic mass is 35.5. The molecule has 1 saturated heterocycles. The molecule has 0 aliphatic carbocycles. The van der Waals surface area contributed by atoms with Crippen LogP contribution in [0.5, 0.6) is 0 Å². The molecule has 0 saturated carbocycles. The minimum absolute atomic E-state index is 0.0437. The van der Waals surface area contributed by atoms with Crippen molar-refractivity contribution in [2.75, 3.05) is 26.7 Å². The van der Waals surface area contributed by atoms with Gasteiger partial charge in [-0.05, 0) is 33.9 Å². The van der Waals surface area contributed by atoms with Gasteiger partial charge in [0.25, 0.3) is 10.0 Å². The minimum atomic E-state index is -3.49. The summed E-state index contributed by atoms with van der Waals surface area (Å²) in [5.74, 6) is 0. The normalized spacial score (nSPS) is 23.5. The third-order valence-electron chi connectivity index (χ3n) is 3.26. The molecule has 8 heteroatoms. The quantitative estimate of drug-likeness (QED) is 0.833. The molecular weight excluding hydrogens is 306 g/mol. The van der Waals surface area contributed by atoms with Crippen LogP contribution in [0.2, 0.25) is 4.47 Å². The molecule has 2 rings (SSSR count). The summed E-state index contributed by atoms with van der Waals surface area (Å²) in [5.41, 5.74) is 0.486. The molecule has 1 fully saturated rings. The van der Waals surface area contributed by atoms with E-state index in [4.69, 9.17) is 11.6 Å². The van der Waals surface area contributed by atoms with Gasteiger partial charge >= 0.3 is 0 Å². The number of nitrogens with zero attached hydrogens (tertiary/aromatic N) is 3. The van der Waals surface area contributed by atoms with E-state index in [-0.39, 0.29) is 14.7 Å². The Morgan fingerprint density at radius 1 is 1.42 bits per heavy atom. The van der Waals surface area contributed by atoms with Crippen molar-refractivity contribution in [1.29, 1.82) is 0 Å². The lowest BCUT2D eigenvalue weighted by molar-refractivity contribution is 0.291. The number of aromatic nitrogens is 1. The van der Waals surface area contributed by atoms with Gasteiger partial charge < -0.3 is 4.90 Å². The zero-order valence-electron chi connectivity index (χ0n) is 11.3. The highest BCUT2D eigenvalue weighted by Crippen LogP contribution is 2.30. The zero-order valence-corrected chi connectivity index (χ0v) is 13.6. The first kappa shape index (κ1) is 15.2. The van der Waals surface area contributed by atoms with Crippen LogP contribution in [0.3, 0.4) is 0 Å². The highest BCUT2D eigenvalue weighted by molar-refractivity contribution is 7.91. The standard InChI is InChI=1S/C11H18ClN3O2S2/c1-8-7-14(3)5-4-6-15(8)19(16,17)10-9(2)13-11(12)18-10/h8H,4-7H2,1-3H3. The van der Waals surface area contributed by atoms with Crippen molar-refractivity contribution in [2.24, 2.45) is 0 Å². The third kappa shape index (κ3) is 3.11.